The maximum absolute atomic E-state index is 12.5. The summed E-state index contributed by atoms with van der Waals surface area (Å²) in [6.07, 6.45) is 5.51. The number of fused-ring (bicyclic) bond motifs is 1. The van der Waals surface area contributed by atoms with E-state index in [9.17, 15) is 4.79 Å². The number of amides is 1. The Bertz CT molecular complexity index is 903. The first-order valence-electron chi connectivity index (χ1n) is 8.87. The van der Waals surface area contributed by atoms with Gasteiger partial charge in [0.05, 0.1) is 23.0 Å². The quantitative estimate of drug-likeness (QED) is 0.523. The predicted molar refractivity (Wildman–Crippen MR) is 102 cm³/mol. The number of carbonyl (C=O) groups is 1. The number of benzene rings is 1. The molecule has 1 aliphatic heterocycles. The number of rotatable bonds is 4. The highest BCUT2D eigenvalue weighted by molar-refractivity contribution is 8.00. The highest BCUT2D eigenvalue weighted by Crippen LogP contribution is 2.26. The molecular weight excluding hydrogens is 346 g/mol. The molecule has 1 aromatic carbocycles. The number of nitrogens with zero attached hydrogens (tertiary/aromatic N) is 5. The van der Waals surface area contributed by atoms with Crippen LogP contribution in [0.2, 0.25) is 0 Å². The molecule has 0 unspecified atom stereocenters. The molecule has 1 aliphatic rings. The van der Waals surface area contributed by atoms with Crippen molar-refractivity contribution in [3.63, 3.8) is 0 Å². The van der Waals surface area contributed by atoms with Crippen molar-refractivity contribution in [2.24, 2.45) is 5.92 Å². The van der Waals surface area contributed by atoms with Gasteiger partial charge in [-0.2, -0.15) is 5.10 Å². The van der Waals surface area contributed by atoms with Crippen LogP contribution in [0.3, 0.4) is 0 Å². The van der Waals surface area contributed by atoms with E-state index in [4.69, 9.17) is 0 Å². The number of carbonyl (C=O) groups excluding carboxylic acids is 1. The van der Waals surface area contributed by atoms with Gasteiger partial charge in [-0.1, -0.05) is 36.9 Å². The summed E-state index contributed by atoms with van der Waals surface area (Å²) >= 11 is 1.47. The molecule has 26 heavy (non-hydrogen) atoms. The Kier molecular flexibility index (Phi) is 4.88. The minimum Gasteiger partial charge on any atom is -0.342 e. The van der Waals surface area contributed by atoms with Crippen LogP contribution in [-0.4, -0.2) is 49.4 Å². The molecule has 0 spiro atoms. The number of para-hydroxylation sites is 1. The lowest BCUT2D eigenvalue weighted by Crippen LogP contribution is -2.38. The van der Waals surface area contributed by atoms with Gasteiger partial charge in [0, 0.05) is 13.1 Å². The molecule has 0 bridgehead atoms. The van der Waals surface area contributed by atoms with Crippen LogP contribution in [0.1, 0.15) is 19.8 Å². The number of hydrogen-bond donors (Lipinski definition) is 0. The average Bonchev–Trinajstić information content (AvgIpc) is 3.12. The van der Waals surface area contributed by atoms with Crippen molar-refractivity contribution < 1.29 is 4.79 Å². The zero-order valence-corrected chi connectivity index (χ0v) is 15.5. The van der Waals surface area contributed by atoms with Gasteiger partial charge >= 0.3 is 0 Å². The highest BCUT2D eigenvalue weighted by Gasteiger charge is 2.21. The first kappa shape index (κ1) is 17.0. The molecule has 2 aromatic heterocycles. The molecule has 0 atom stereocenters. The second-order valence-electron chi connectivity index (χ2n) is 6.66. The lowest BCUT2D eigenvalue weighted by Gasteiger charge is -2.30. The molecule has 0 N–H and O–H groups in total. The first-order chi connectivity index (χ1) is 12.7. The van der Waals surface area contributed by atoms with Crippen molar-refractivity contribution in [3.05, 3.63) is 42.9 Å². The molecule has 7 heteroatoms. The van der Waals surface area contributed by atoms with Crippen LogP contribution in [0.25, 0.3) is 16.7 Å². The Labute approximate surface area is 156 Å². The fraction of sp³-hybridized carbons (Fsp3) is 0.368. The van der Waals surface area contributed by atoms with Gasteiger partial charge in [-0.05, 0) is 30.9 Å². The van der Waals surface area contributed by atoms with Crippen LogP contribution in [-0.2, 0) is 4.79 Å². The van der Waals surface area contributed by atoms with Gasteiger partial charge in [-0.25, -0.2) is 14.6 Å². The predicted octanol–water partition coefficient (Wildman–Crippen LogP) is 3.17. The van der Waals surface area contributed by atoms with Gasteiger partial charge < -0.3 is 4.90 Å². The van der Waals surface area contributed by atoms with Gasteiger partial charge in [0.25, 0.3) is 0 Å². The number of piperidine rings is 1. The standard InChI is InChI=1S/C19H21N5OS/c1-14-7-9-23(10-8-14)17(25)12-26-19-16-11-22-24(18(16)20-13-21-19)15-5-3-2-4-6-15/h2-6,11,13-14H,7-10,12H2,1H3. The van der Waals surface area contributed by atoms with Crippen molar-refractivity contribution in [3.8, 4) is 5.69 Å². The number of thioether (sulfide) groups is 1. The third-order valence-electron chi connectivity index (χ3n) is 4.80. The molecule has 0 aliphatic carbocycles. The van der Waals surface area contributed by atoms with Crippen LogP contribution in [0.4, 0.5) is 0 Å². The van der Waals surface area contributed by atoms with Crippen molar-refractivity contribution in [1.82, 2.24) is 24.6 Å². The van der Waals surface area contributed by atoms with E-state index in [1.165, 1.54) is 11.8 Å². The van der Waals surface area contributed by atoms with Crippen molar-refractivity contribution in [2.45, 2.75) is 24.8 Å². The Balaban J connectivity index is 1.51. The Hall–Kier alpha value is -2.41. The van der Waals surface area contributed by atoms with Gasteiger partial charge in [-0.15, -0.1) is 0 Å². The van der Waals surface area contributed by atoms with Crippen LogP contribution in [0, 0.1) is 5.92 Å². The second kappa shape index (κ2) is 7.45. The molecular formula is C19H21N5OS. The van der Waals surface area contributed by atoms with E-state index in [1.807, 2.05) is 35.2 Å². The molecule has 6 nitrogen and oxygen atoms in total. The first-order valence-corrected chi connectivity index (χ1v) is 9.85. The van der Waals surface area contributed by atoms with Crippen molar-refractivity contribution in [2.75, 3.05) is 18.8 Å². The van der Waals surface area contributed by atoms with E-state index < -0.39 is 0 Å². The monoisotopic (exact) mass is 367 g/mol. The molecule has 4 rings (SSSR count). The van der Waals surface area contributed by atoms with Crippen LogP contribution >= 0.6 is 11.8 Å². The average molecular weight is 367 g/mol. The molecule has 3 heterocycles. The SMILES string of the molecule is CC1CCN(C(=O)CSc2ncnc3c2cnn3-c2ccccc2)CC1. The smallest absolute Gasteiger partial charge is 0.232 e. The summed E-state index contributed by atoms with van der Waals surface area (Å²) in [5.41, 5.74) is 1.71. The zero-order chi connectivity index (χ0) is 17.9. The van der Waals surface area contributed by atoms with Crippen LogP contribution in [0.15, 0.2) is 47.9 Å². The minimum atomic E-state index is 0.184. The fourth-order valence-corrected chi connectivity index (χ4v) is 4.04. The van der Waals surface area contributed by atoms with E-state index in [2.05, 4.69) is 22.0 Å². The molecule has 134 valence electrons. The van der Waals surface area contributed by atoms with Gasteiger partial charge in [-0.3, -0.25) is 4.79 Å². The highest BCUT2D eigenvalue weighted by atomic mass is 32.2. The van der Waals surface area contributed by atoms with Crippen molar-refractivity contribution >= 4 is 28.7 Å². The van der Waals surface area contributed by atoms with Gasteiger partial charge in [0.1, 0.15) is 11.4 Å². The summed E-state index contributed by atoms with van der Waals surface area (Å²) in [6.45, 7) is 3.98. The molecule has 1 saturated heterocycles. The van der Waals surface area contributed by atoms with E-state index >= 15 is 0 Å². The Morgan fingerprint density at radius 1 is 1.19 bits per heavy atom. The Morgan fingerprint density at radius 3 is 2.73 bits per heavy atom. The minimum absolute atomic E-state index is 0.184. The fourth-order valence-electron chi connectivity index (χ4n) is 3.18. The third kappa shape index (κ3) is 3.44. The Morgan fingerprint density at radius 2 is 1.96 bits per heavy atom. The van der Waals surface area contributed by atoms with Crippen molar-refractivity contribution in [1.29, 1.82) is 0 Å². The largest absolute Gasteiger partial charge is 0.342 e. The zero-order valence-electron chi connectivity index (χ0n) is 14.7. The van der Waals surface area contributed by atoms with Crippen LogP contribution < -0.4 is 0 Å². The van der Waals surface area contributed by atoms with E-state index in [1.54, 1.807) is 17.2 Å². The maximum Gasteiger partial charge on any atom is 0.232 e. The summed E-state index contributed by atoms with van der Waals surface area (Å²) in [6, 6.07) is 9.89. The van der Waals surface area contributed by atoms with Gasteiger partial charge in [0.2, 0.25) is 5.91 Å². The number of aromatic nitrogens is 4. The summed E-state index contributed by atoms with van der Waals surface area (Å²) in [7, 11) is 0. The summed E-state index contributed by atoms with van der Waals surface area (Å²) in [4.78, 5) is 23.2. The second-order valence-corrected chi connectivity index (χ2v) is 7.62. The van der Waals surface area contributed by atoms with E-state index in [-0.39, 0.29) is 5.91 Å². The summed E-state index contributed by atoms with van der Waals surface area (Å²) in [5, 5.41) is 6.14. The molecule has 3 aromatic rings. The molecule has 0 radical (unpaired) electrons. The maximum atomic E-state index is 12.5. The summed E-state index contributed by atoms with van der Waals surface area (Å²) < 4.78 is 1.80. The molecule has 1 fully saturated rings. The molecule has 0 saturated carbocycles. The lowest BCUT2D eigenvalue weighted by molar-refractivity contribution is -0.129. The third-order valence-corrected chi connectivity index (χ3v) is 5.79. The topological polar surface area (TPSA) is 63.9 Å². The van der Waals surface area contributed by atoms with Crippen LogP contribution in [0.5, 0.6) is 0 Å². The number of hydrogen-bond acceptors (Lipinski definition) is 5. The van der Waals surface area contributed by atoms with E-state index in [0.717, 1.165) is 53.6 Å². The number of likely N-dealkylation sites (tertiary alicyclic amines) is 1. The van der Waals surface area contributed by atoms with Gasteiger partial charge in [0.15, 0.2) is 5.65 Å². The summed E-state index contributed by atoms with van der Waals surface area (Å²) in [5.74, 6) is 1.30. The van der Waals surface area contributed by atoms with E-state index in [0.29, 0.717) is 5.75 Å². The lowest BCUT2D eigenvalue weighted by atomic mass is 9.99. The molecule has 1 amide bonds. The normalized spacial score (nSPS) is 15.5.